The number of hydrogen-bond acceptors (Lipinski definition) is 6. The first kappa shape index (κ1) is 27.2. The van der Waals surface area contributed by atoms with E-state index in [0.717, 1.165) is 10.5 Å². The average Bonchev–Trinajstić information content (AvgIpc) is 2.90. The quantitative estimate of drug-likeness (QED) is 0.392. The number of rotatable bonds is 8. The molecule has 1 aliphatic heterocycles. The van der Waals surface area contributed by atoms with Gasteiger partial charge in [0.05, 0.1) is 15.5 Å². The van der Waals surface area contributed by atoms with E-state index in [4.69, 9.17) is 0 Å². The molecule has 0 saturated carbocycles. The standard InChI is InChI=1S/C26H29N3O5S3/c1-19-5-3-4-6-25(19)28-36(31,32)23-11-7-21(8-12-23)27-26(30)20-15-17-29(18-16-20)37(33,34)24-13-9-22(35-2)10-14-24/h3-14,20,28H,15-18H2,1-2H3,(H,27,30). The molecule has 0 aliphatic carbocycles. The summed E-state index contributed by atoms with van der Waals surface area (Å²) in [5.41, 5.74) is 1.79. The maximum Gasteiger partial charge on any atom is 0.261 e. The summed E-state index contributed by atoms with van der Waals surface area (Å²) in [5.74, 6) is -0.550. The highest BCUT2D eigenvalue weighted by Gasteiger charge is 2.32. The summed E-state index contributed by atoms with van der Waals surface area (Å²) in [4.78, 5) is 14.1. The molecule has 1 saturated heterocycles. The van der Waals surface area contributed by atoms with Crippen LogP contribution in [-0.4, -0.2) is 46.4 Å². The van der Waals surface area contributed by atoms with E-state index in [1.54, 1.807) is 60.3 Å². The molecule has 3 aromatic rings. The molecule has 0 aromatic heterocycles. The summed E-state index contributed by atoms with van der Waals surface area (Å²) in [7, 11) is -7.38. The SMILES string of the molecule is CSc1ccc(S(=O)(=O)N2CCC(C(=O)Nc3ccc(S(=O)(=O)Nc4ccccc4C)cc3)CC2)cc1. The van der Waals surface area contributed by atoms with E-state index < -0.39 is 20.0 Å². The number of nitrogens with zero attached hydrogens (tertiary/aromatic N) is 1. The Hall–Kier alpha value is -2.86. The van der Waals surface area contributed by atoms with E-state index >= 15 is 0 Å². The minimum atomic E-state index is -3.77. The number of aryl methyl sites for hydroxylation is 1. The lowest BCUT2D eigenvalue weighted by atomic mass is 9.97. The van der Waals surface area contributed by atoms with Gasteiger partial charge < -0.3 is 5.32 Å². The number of amides is 1. The lowest BCUT2D eigenvalue weighted by Gasteiger charge is -2.30. The van der Waals surface area contributed by atoms with Crippen molar-refractivity contribution in [3.63, 3.8) is 0 Å². The number of thioether (sulfide) groups is 1. The molecular weight excluding hydrogens is 531 g/mol. The molecule has 0 unspecified atom stereocenters. The molecule has 0 spiro atoms. The van der Waals surface area contributed by atoms with Gasteiger partial charge in [-0.25, -0.2) is 16.8 Å². The summed E-state index contributed by atoms with van der Waals surface area (Å²) in [6, 6.07) is 19.9. The second kappa shape index (κ2) is 11.3. The average molecular weight is 560 g/mol. The zero-order valence-electron chi connectivity index (χ0n) is 20.5. The highest BCUT2D eigenvalue weighted by molar-refractivity contribution is 7.98. The van der Waals surface area contributed by atoms with E-state index in [9.17, 15) is 21.6 Å². The number of para-hydroxylation sites is 1. The van der Waals surface area contributed by atoms with Crippen LogP contribution in [0.2, 0.25) is 0 Å². The molecule has 1 aliphatic rings. The third-order valence-corrected chi connectivity index (χ3v) is 10.4. The second-order valence-electron chi connectivity index (χ2n) is 8.79. The van der Waals surface area contributed by atoms with Gasteiger partial charge >= 0.3 is 0 Å². The zero-order valence-corrected chi connectivity index (χ0v) is 23.0. The highest BCUT2D eigenvalue weighted by Crippen LogP contribution is 2.27. The van der Waals surface area contributed by atoms with E-state index in [-0.39, 0.29) is 34.7 Å². The first-order valence-electron chi connectivity index (χ1n) is 11.7. The van der Waals surface area contributed by atoms with Crippen molar-refractivity contribution >= 4 is 49.1 Å². The third kappa shape index (κ3) is 6.35. The van der Waals surface area contributed by atoms with E-state index in [2.05, 4.69) is 10.0 Å². The Labute approximate surface area is 222 Å². The molecule has 196 valence electrons. The summed E-state index contributed by atoms with van der Waals surface area (Å²) < 4.78 is 55.4. The van der Waals surface area contributed by atoms with Crippen LogP contribution in [0.25, 0.3) is 0 Å². The first-order valence-corrected chi connectivity index (χ1v) is 15.9. The summed E-state index contributed by atoms with van der Waals surface area (Å²) in [5, 5.41) is 2.82. The van der Waals surface area contributed by atoms with Crippen LogP contribution in [0.3, 0.4) is 0 Å². The van der Waals surface area contributed by atoms with Crippen molar-refractivity contribution in [3.05, 3.63) is 78.4 Å². The largest absolute Gasteiger partial charge is 0.326 e. The van der Waals surface area contributed by atoms with Crippen LogP contribution in [0.4, 0.5) is 11.4 Å². The molecule has 1 heterocycles. The topological polar surface area (TPSA) is 113 Å². The van der Waals surface area contributed by atoms with Crippen molar-refractivity contribution < 1.29 is 21.6 Å². The van der Waals surface area contributed by atoms with Crippen molar-refractivity contribution in [1.29, 1.82) is 0 Å². The maximum absolute atomic E-state index is 13.0. The first-order chi connectivity index (χ1) is 17.6. The molecule has 0 atom stereocenters. The van der Waals surface area contributed by atoms with Gasteiger partial charge in [-0.05, 0) is 86.2 Å². The van der Waals surface area contributed by atoms with Crippen LogP contribution in [-0.2, 0) is 24.8 Å². The van der Waals surface area contributed by atoms with Crippen LogP contribution in [0, 0.1) is 12.8 Å². The molecule has 4 rings (SSSR count). The van der Waals surface area contributed by atoms with Gasteiger partial charge in [-0.2, -0.15) is 4.31 Å². The number of piperidine rings is 1. The fraction of sp³-hybridized carbons (Fsp3) is 0.269. The smallest absolute Gasteiger partial charge is 0.261 e. The van der Waals surface area contributed by atoms with Gasteiger partial charge in [0.25, 0.3) is 10.0 Å². The number of sulfonamides is 2. The monoisotopic (exact) mass is 559 g/mol. The lowest BCUT2D eigenvalue weighted by Crippen LogP contribution is -2.41. The summed E-state index contributed by atoms with van der Waals surface area (Å²) in [6.07, 6.45) is 2.74. The Kier molecular flexibility index (Phi) is 8.27. The van der Waals surface area contributed by atoms with Gasteiger partial charge in [0.1, 0.15) is 0 Å². The third-order valence-electron chi connectivity index (χ3n) is 6.34. The predicted octanol–water partition coefficient (Wildman–Crippen LogP) is 4.56. The highest BCUT2D eigenvalue weighted by atomic mass is 32.2. The van der Waals surface area contributed by atoms with E-state index in [0.29, 0.717) is 24.2 Å². The van der Waals surface area contributed by atoms with Gasteiger partial charge in [0, 0.05) is 29.6 Å². The Morgan fingerprint density at radius 3 is 2.05 bits per heavy atom. The lowest BCUT2D eigenvalue weighted by molar-refractivity contribution is -0.120. The van der Waals surface area contributed by atoms with Crippen LogP contribution in [0.15, 0.2) is 87.5 Å². The summed E-state index contributed by atoms with van der Waals surface area (Å²) >= 11 is 1.54. The van der Waals surface area contributed by atoms with Crippen LogP contribution < -0.4 is 10.0 Å². The fourth-order valence-corrected chi connectivity index (χ4v) is 7.12. The maximum atomic E-state index is 13.0. The number of hydrogen-bond donors (Lipinski definition) is 2. The molecule has 3 aromatic carbocycles. The second-order valence-corrected chi connectivity index (χ2v) is 13.3. The Bertz CT molecular complexity index is 1460. The molecule has 37 heavy (non-hydrogen) atoms. The molecule has 2 N–H and O–H groups in total. The Balaban J connectivity index is 1.34. The number of carbonyl (C=O) groups is 1. The van der Waals surface area contributed by atoms with Crippen molar-refractivity contribution in [1.82, 2.24) is 4.31 Å². The van der Waals surface area contributed by atoms with Gasteiger partial charge in [-0.3, -0.25) is 9.52 Å². The minimum absolute atomic E-state index is 0.0813. The molecule has 1 amide bonds. The van der Waals surface area contributed by atoms with E-state index in [1.165, 1.54) is 16.4 Å². The van der Waals surface area contributed by atoms with Gasteiger partial charge in [0.2, 0.25) is 15.9 Å². The van der Waals surface area contributed by atoms with Crippen molar-refractivity contribution in [3.8, 4) is 0 Å². The van der Waals surface area contributed by atoms with Crippen molar-refractivity contribution in [2.75, 3.05) is 29.4 Å². The Morgan fingerprint density at radius 1 is 0.865 bits per heavy atom. The number of nitrogens with one attached hydrogen (secondary N) is 2. The van der Waals surface area contributed by atoms with Crippen molar-refractivity contribution in [2.45, 2.75) is 34.5 Å². The van der Waals surface area contributed by atoms with Crippen LogP contribution >= 0.6 is 11.8 Å². The van der Waals surface area contributed by atoms with Gasteiger partial charge in [-0.15, -0.1) is 11.8 Å². The van der Waals surface area contributed by atoms with Gasteiger partial charge in [0.15, 0.2) is 0 Å². The van der Waals surface area contributed by atoms with Crippen LogP contribution in [0.5, 0.6) is 0 Å². The molecule has 1 fully saturated rings. The molecule has 0 bridgehead atoms. The molecule has 8 nitrogen and oxygen atoms in total. The number of anilines is 2. The minimum Gasteiger partial charge on any atom is -0.326 e. The van der Waals surface area contributed by atoms with E-state index in [1.807, 2.05) is 25.3 Å². The normalized spacial score (nSPS) is 15.3. The number of carbonyl (C=O) groups excluding carboxylic acids is 1. The predicted molar refractivity (Wildman–Crippen MR) is 147 cm³/mol. The molecule has 11 heteroatoms. The fourth-order valence-electron chi connectivity index (χ4n) is 4.11. The molecule has 0 radical (unpaired) electrons. The summed E-state index contributed by atoms with van der Waals surface area (Å²) in [6.45, 7) is 2.33. The van der Waals surface area contributed by atoms with Crippen molar-refractivity contribution in [2.24, 2.45) is 5.92 Å². The Morgan fingerprint density at radius 2 is 1.46 bits per heavy atom. The van der Waals surface area contributed by atoms with Crippen LogP contribution in [0.1, 0.15) is 18.4 Å². The zero-order chi connectivity index (χ0) is 26.6. The van der Waals surface area contributed by atoms with Gasteiger partial charge in [-0.1, -0.05) is 18.2 Å². The molecular formula is C26H29N3O5S3. The number of benzene rings is 3.